The molecule has 0 spiro atoms. The number of halogens is 2. The van der Waals surface area contributed by atoms with Gasteiger partial charge in [0.05, 0.1) is 12.8 Å². The number of methoxy groups -OCH3 is 1. The number of benzene rings is 1. The minimum atomic E-state index is -3.92. The molecule has 1 aliphatic carbocycles. The summed E-state index contributed by atoms with van der Waals surface area (Å²) in [5.41, 5.74) is 2.20. The van der Waals surface area contributed by atoms with E-state index in [9.17, 15) is 17.2 Å². The molecule has 2 atom stereocenters. The van der Waals surface area contributed by atoms with Gasteiger partial charge in [-0.2, -0.15) is 0 Å². The molecule has 1 aliphatic heterocycles. The van der Waals surface area contributed by atoms with Crippen LogP contribution in [0, 0.1) is 0 Å². The quantitative estimate of drug-likeness (QED) is 0.303. The third kappa shape index (κ3) is 5.41. The van der Waals surface area contributed by atoms with Gasteiger partial charge < -0.3 is 15.0 Å². The number of hydrogen-bond donors (Lipinski definition) is 2. The number of fused-ring (bicyclic) bond motifs is 1. The second-order valence-corrected chi connectivity index (χ2v) is 13.8. The summed E-state index contributed by atoms with van der Waals surface area (Å²) >= 11 is 0.759. The molecule has 4 heterocycles. The van der Waals surface area contributed by atoms with E-state index in [4.69, 9.17) is 9.72 Å². The molecule has 41 heavy (non-hydrogen) atoms. The maximum atomic E-state index is 13.7. The van der Waals surface area contributed by atoms with Gasteiger partial charge in [-0.1, -0.05) is 11.3 Å². The molecule has 0 radical (unpaired) electrons. The zero-order valence-electron chi connectivity index (χ0n) is 23.1. The van der Waals surface area contributed by atoms with Gasteiger partial charge in [0.1, 0.15) is 22.0 Å². The van der Waals surface area contributed by atoms with Gasteiger partial charge in [0.25, 0.3) is 6.43 Å². The number of hydrogen-bond acceptors (Lipinski definition) is 9. The summed E-state index contributed by atoms with van der Waals surface area (Å²) in [7, 11) is -2.35. The van der Waals surface area contributed by atoms with Crippen LogP contribution in [-0.4, -0.2) is 65.8 Å². The fraction of sp³-hybridized carbons (Fsp3) is 0.444. The maximum Gasteiger partial charge on any atom is 0.291 e. The molecule has 0 unspecified atom stereocenters. The SMILES string of the molecule is COc1ccc(-c2nc3c(N4C[C@H](C)N[C@@H](C)C4)cc(S(=O)(=O)NC4(C)CC4)cn3c2-c2nnc(C(F)F)s2)cc1. The molecule has 14 heteroatoms. The summed E-state index contributed by atoms with van der Waals surface area (Å²) in [5.74, 6) is 0.646. The van der Waals surface area contributed by atoms with Crippen molar-refractivity contribution >= 4 is 32.7 Å². The lowest BCUT2D eigenvalue weighted by atomic mass is 10.1. The van der Waals surface area contributed by atoms with Gasteiger partial charge in [0.2, 0.25) is 10.0 Å². The Morgan fingerprint density at radius 2 is 1.83 bits per heavy atom. The van der Waals surface area contributed by atoms with Gasteiger partial charge in [0, 0.05) is 42.5 Å². The average Bonchev–Trinajstić information content (AvgIpc) is 3.29. The van der Waals surface area contributed by atoms with E-state index in [0.29, 0.717) is 47.1 Å². The number of ether oxygens (including phenoxy) is 1. The fourth-order valence-corrected chi connectivity index (χ4v) is 7.48. The Morgan fingerprint density at radius 1 is 1.15 bits per heavy atom. The molecule has 2 N–H and O–H groups in total. The van der Waals surface area contributed by atoms with E-state index < -0.39 is 27.0 Å². The van der Waals surface area contributed by atoms with Crippen molar-refractivity contribution in [3.8, 4) is 27.7 Å². The zero-order valence-corrected chi connectivity index (χ0v) is 24.7. The van der Waals surface area contributed by atoms with Crippen molar-refractivity contribution in [1.29, 1.82) is 0 Å². The van der Waals surface area contributed by atoms with Crippen LogP contribution in [0.2, 0.25) is 0 Å². The number of pyridine rings is 1. The summed E-state index contributed by atoms with van der Waals surface area (Å²) in [5, 5.41) is 11.1. The fourth-order valence-electron chi connectivity index (χ4n) is 5.25. The van der Waals surface area contributed by atoms with Crippen LogP contribution in [0.25, 0.3) is 27.6 Å². The van der Waals surface area contributed by atoms with Gasteiger partial charge >= 0.3 is 0 Å². The van der Waals surface area contributed by atoms with Crippen LogP contribution in [-0.2, 0) is 10.0 Å². The molecule has 1 saturated heterocycles. The second kappa shape index (κ2) is 10.3. The largest absolute Gasteiger partial charge is 0.497 e. The van der Waals surface area contributed by atoms with Crippen molar-refractivity contribution in [3.05, 3.63) is 41.5 Å². The highest BCUT2D eigenvalue weighted by Gasteiger charge is 2.42. The molecule has 1 aromatic carbocycles. The van der Waals surface area contributed by atoms with E-state index in [1.54, 1.807) is 29.7 Å². The first-order valence-corrected chi connectivity index (χ1v) is 15.6. The Kier molecular flexibility index (Phi) is 6.99. The van der Waals surface area contributed by atoms with Gasteiger partial charge in [-0.15, -0.1) is 10.2 Å². The van der Waals surface area contributed by atoms with Crippen LogP contribution in [0.1, 0.15) is 45.0 Å². The van der Waals surface area contributed by atoms with E-state index in [0.717, 1.165) is 24.2 Å². The number of alkyl halides is 2. The third-order valence-corrected chi connectivity index (χ3v) is 10.0. The van der Waals surface area contributed by atoms with Crippen molar-refractivity contribution in [2.24, 2.45) is 0 Å². The standard InChI is InChI=1S/C27H31F2N7O3S2/c1-15-12-35(13-16(2)30-15)20-11-19(41(37,38)34-27(3)9-10-27)14-36-22(25-32-33-26(40-25)23(28)29)21(31-24(20)36)17-5-7-18(39-4)8-6-17/h5-8,11,14-16,23,30,34H,9-10,12-13H2,1-4H3/t15-,16-/m0/s1. The smallest absolute Gasteiger partial charge is 0.291 e. The number of nitrogens with zero attached hydrogens (tertiary/aromatic N) is 5. The van der Waals surface area contributed by atoms with E-state index in [1.165, 1.54) is 6.20 Å². The average molecular weight is 604 g/mol. The summed E-state index contributed by atoms with van der Waals surface area (Å²) in [4.78, 5) is 7.18. The van der Waals surface area contributed by atoms with Crippen LogP contribution in [0.3, 0.4) is 0 Å². The first-order chi connectivity index (χ1) is 19.5. The van der Waals surface area contributed by atoms with E-state index >= 15 is 0 Å². The van der Waals surface area contributed by atoms with Gasteiger partial charge in [-0.25, -0.2) is 26.9 Å². The van der Waals surface area contributed by atoms with E-state index in [-0.39, 0.29) is 22.0 Å². The predicted octanol–water partition coefficient (Wildman–Crippen LogP) is 4.48. The molecule has 10 nitrogen and oxygen atoms in total. The van der Waals surface area contributed by atoms with Crippen molar-refractivity contribution in [3.63, 3.8) is 0 Å². The molecular formula is C27H31F2N7O3S2. The number of piperazine rings is 1. The number of rotatable bonds is 8. The van der Waals surface area contributed by atoms with Crippen LogP contribution >= 0.6 is 11.3 Å². The van der Waals surface area contributed by atoms with Crippen LogP contribution in [0.4, 0.5) is 14.5 Å². The highest BCUT2D eigenvalue weighted by Crippen LogP contribution is 2.41. The van der Waals surface area contributed by atoms with Crippen LogP contribution in [0.15, 0.2) is 41.4 Å². The van der Waals surface area contributed by atoms with Gasteiger partial charge in [0.15, 0.2) is 15.7 Å². The Hall–Kier alpha value is -3.20. The van der Waals surface area contributed by atoms with Crippen LogP contribution in [0.5, 0.6) is 5.75 Å². The first kappa shape index (κ1) is 27.9. The number of anilines is 1. The molecule has 6 rings (SSSR count). The summed E-state index contributed by atoms with van der Waals surface area (Å²) in [6.45, 7) is 7.28. The lowest BCUT2D eigenvalue weighted by Crippen LogP contribution is -2.54. The molecule has 0 amide bonds. The zero-order chi connectivity index (χ0) is 29.1. The minimum Gasteiger partial charge on any atom is -0.497 e. The van der Waals surface area contributed by atoms with Gasteiger partial charge in [-0.3, -0.25) is 4.40 Å². The Bertz CT molecular complexity index is 1690. The minimum absolute atomic E-state index is 0.0606. The van der Waals surface area contributed by atoms with Crippen molar-refractivity contribution in [1.82, 2.24) is 29.6 Å². The van der Waals surface area contributed by atoms with Crippen molar-refractivity contribution < 1.29 is 21.9 Å². The molecule has 4 aromatic rings. The van der Waals surface area contributed by atoms with Crippen molar-refractivity contribution in [2.75, 3.05) is 25.1 Å². The topological polar surface area (TPSA) is 114 Å². The normalized spacial score (nSPS) is 20.6. The lowest BCUT2D eigenvalue weighted by molar-refractivity contribution is 0.150. The summed E-state index contributed by atoms with van der Waals surface area (Å²) < 4.78 is 64.3. The molecule has 2 aliphatic rings. The Balaban J connectivity index is 1.63. The van der Waals surface area contributed by atoms with Crippen molar-refractivity contribution in [2.45, 2.75) is 62.6 Å². The number of imidazole rings is 1. The highest BCUT2D eigenvalue weighted by molar-refractivity contribution is 7.89. The van der Waals surface area contributed by atoms with E-state index in [1.807, 2.05) is 19.1 Å². The monoisotopic (exact) mass is 603 g/mol. The lowest BCUT2D eigenvalue weighted by Gasteiger charge is -2.37. The Morgan fingerprint density at radius 3 is 2.41 bits per heavy atom. The van der Waals surface area contributed by atoms with Gasteiger partial charge in [-0.05, 0) is 63.9 Å². The number of aromatic nitrogens is 4. The Labute approximate surface area is 240 Å². The molecule has 1 saturated carbocycles. The molecule has 0 bridgehead atoms. The predicted molar refractivity (Wildman–Crippen MR) is 153 cm³/mol. The third-order valence-electron chi connectivity index (χ3n) is 7.46. The first-order valence-electron chi connectivity index (χ1n) is 13.3. The molecule has 3 aromatic heterocycles. The number of sulfonamides is 1. The number of nitrogens with one attached hydrogen (secondary N) is 2. The highest BCUT2D eigenvalue weighted by atomic mass is 32.2. The summed E-state index contributed by atoms with van der Waals surface area (Å²) in [6.07, 6.45) is 0.227. The van der Waals surface area contributed by atoms with Crippen LogP contribution < -0.4 is 19.7 Å². The molecule has 218 valence electrons. The second-order valence-electron chi connectivity index (χ2n) is 11.1. The molecule has 2 fully saturated rings. The molecular weight excluding hydrogens is 572 g/mol. The maximum absolute atomic E-state index is 13.7. The summed E-state index contributed by atoms with van der Waals surface area (Å²) in [6, 6.07) is 9.16. The van der Waals surface area contributed by atoms with E-state index in [2.05, 4.69) is 39.0 Å².